The largest absolute Gasteiger partial charge is 0.494 e. The van der Waals surface area contributed by atoms with E-state index in [0.29, 0.717) is 12.2 Å². The number of hydrogen-bond donors (Lipinski definition) is 0. The van der Waals surface area contributed by atoms with E-state index in [0.717, 1.165) is 11.3 Å². The highest BCUT2D eigenvalue weighted by atomic mass is 16.6. The minimum atomic E-state index is -0.723. The second-order valence-corrected chi connectivity index (χ2v) is 5.23. The zero-order chi connectivity index (χ0) is 18.2. The maximum atomic E-state index is 11.9. The Morgan fingerprint density at radius 3 is 2.52 bits per heavy atom. The van der Waals surface area contributed by atoms with Gasteiger partial charge in [-0.3, -0.25) is 10.1 Å². The molecule has 2 rings (SSSR count). The van der Waals surface area contributed by atoms with Gasteiger partial charge in [0.15, 0.2) is 0 Å². The van der Waals surface area contributed by atoms with E-state index in [2.05, 4.69) is 0 Å². The molecular weight excluding hydrogens is 322 g/mol. The van der Waals surface area contributed by atoms with Gasteiger partial charge < -0.3 is 9.47 Å². The second kappa shape index (κ2) is 8.63. The summed E-state index contributed by atoms with van der Waals surface area (Å²) in [6, 6.07) is 13.5. The number of para-hydroxylation sites is 1. The summed E-state index contributed by atoms with van der Waals surface area (Å²) in [4.78, 5) is 22.5. The van der Waals surface area contributed by atoms with E-state index in [-0.39, 0.29) is 5.69 Å². The number of carbonyl (C=O) groups excluding carboxylic acids is 1. The minimum Gasteiger partial charge on any atom is -0.494 e. The minimum absolute atomic E-state index is 0.0710. The summed E-state index contributed by atoms with van der Waals surface area (Å²) < 4.78 is 10.6. The Bertz CT molecular complexity index is 768. The third-order valence-electron chi connectivity index (χ3n) is 3.47. The van der Waals surface area contributed by atoms with Gasteiger partial charge in [-0.15, -0.1) is 0 Å². The Kier molecular flexibility index (Phi) is 6.28. The van der Waals surface area contributed by atoms with E-state index in [9.17, 15) is 14.9 Å². The molecule has 6 nitrogen and oxygen atoms in total. The van der Waals surface area contributed by atoms with Crippen molar-refractivity contribution < 1.29 is 19.2 Å². The summed E-state index contributed by atoms with van der Waals surface area (Å²) in [7, 11) is 0. The lowest BCUT2D eigenvalue weighted by Gasteiger charge is -2.12. The van der Waals surface area contributed by atoms with Crippen molar-refractivity contribution in [2.75, 3.05) is 6.61 Å². The SMILES string of the molecule is CCOc1ccc(/C=C/C(=O)OC(C)c2ccccc2[N+](=O)[O-])cc1. The number of nitrogens with zero attached hydrogens (tertiary/aromatic N) is 1. The average Bonchev–Trinajstić information content (AvgIpc) is 2.61. The Balaban J connectivity index is 2.01. The molecule has 0 aliphatic heterocycles. The van der Waals surface area contributed by atoms with Gasteiger partial charge in [-0.05, 0) is 43.7 Å². The lowest BCUT2D eigenvalue weighted by atomic mass is 10.1. The number of ether oxygens (including phenoxy) is 2. The summed E-state index contributed by atoms with van der Waals surface area (Å²) >= 11 is 0. The molecule has 0 bridgehead atoms. The van der Waals surface area contributed by atoms with E-state index >= 15 is 0 Å². The van der Waals surface area contributed by atoms with Crippen LogP contribution in [0, 0.1) is 10.1 Å². The normalized spacial score (nSPS) is 11.9. The third kappa shape index (κ3) is 5.17. The molecule has 0 fully saturated rings. The van der Waals surface area contributed by atoms with Crippen LogP contribution in [0.1, 0.15) is 31.1 Å². The number of nitro groups is 1. The van der Waals surface area contributed by atoms with Crippen LogP contribution in [0.2, 0.25) is 0 Å². The lowest BCUT2D eigenvalue weighted by Crippen LogP contribution is -2.08. The first-order chi connectivity index (χ1) is 12.0. The molecule has 0 spiro atoms. The molecule has 6 heteroatoms. The van der Waals surface area contributed by atoms with Crippen molar-refractivity contribution in [3.8, 4) is 5.75 Å². The van der Waals surface area contributed by atoms with Gasteiger partial charge in [-0.1, -0.05) is 24.3 Å². The van der Waals surface area contributed by atoms with E-state index in [1.807, 2.05) is 31.2 Å². The maximum absolute atomic E-state index is 11.9. The Morgan fingerprint density at radius 2 is 1.88 bits per heavy atom. The van der Waals surface area contributed by atoms with Gasteiger partial charge >= 0.3 is 5.97 Å². The summed E-state index contributed by atoms with van der Waals surface area (Å²) in [5.74, 6) is 0.187. The van der Waals surface area contributed by atoms with Crippen molar-refractivity contribution in [3.05, 3.63) is 75.8 Å². The molecule has 0 amide bonds. The zero-order valence-electron chi connectivity index (χ0n) is 14.0. The predicted octanol–water partition coefficient (Wildman–Crippen LogP) is 4.31. The first-order valence-corrected chi connectivity index (χ1v) is 7.86. The zero-order valence-corrected chi connectivity index (χ0v) is 14.0. The van der Waals surface area contributed by atoms with Crippen LogP contribution >= 0.6 is 0 Å². The predicted molar refractivity (Wildman–Crippen MR) is 94.2 cm³/mol. The molecule has 2 aromatic rings. The standard InChI is InChI=1S/C19H19NO5/c1-3-24-16-11-8-15(9-12-16)10-13-19(21)25-14(2)17-6-4-5-7-18(17)20(22)23/h4-14H,3H2,1-2H3/b13-10+. The number of benzene rings is 2. The highest BCUT2D eigenvalue weighted by Crippen LogP contribution is 2.27. The monoisotopic (exact) mass is 341 g/mol. The van der Waals surface area contributed by atoms with E-state index in [1.54, 1.807) is 31.2 Å². The van der Waals surface area contributed by atoms with Crippen LogP contribution in [0.5, 0.6) is 5.75 Å². The summed E-state index contributed by atoms with van der Waals surface area (Å²) in [6.07, 6.45) is 2.18. The first-order valence-electron chi connectivity index (χ1n) is 7.86. The Morgan fingerprint density at radius 1 is 1.20 bits per heavy atom. The van der Waals surface area contributed by atoms with Gasteiger partial charge in [0.25, 0.3) is 5.69 Å². The first kappa shape index (κ1) is 18.2. The van der Waals surface area contributed by atoms with Crippen molar-refractivity contribution in [2.45, 2.75) is 20.0 Å². The van der Waals surface area contributed by atoms with Gasteiger partial charge in [0.1, 0.15) is 11.9 Å². The average molecular weight is 341 g/mol. The quantitative estimate of drug-likeness (QED) is 0.324. The molecule has 0 radical (unpaired) electrons. The molecule has 25 heavy (non-hydrogen) atoms. The van der Waals surface area contributed by atoms with Gasteiger partial charge in [-0.25, -0.2) is 4.79 Å². The van der Waals surface area contributed by atoms with Crippen LogP contribution < -0.4 is 4.74 Å². The number of nitro benzene ring substituents is 1. The smallest absolute Gasteiger partial charge is 0.331 e. The number of esters is 1. The molecule has 0 N–H and O–H groups in total. The summed E-state index contributed by atoms with van der Waals surface area (Å²) in [5.41, 5.74) is 1.10. The van der Waals surface area contributed by atoms with Crippen LogP contribution in [0.15, 0.2) is 54.6 Å². The molecular formula is C19H19NO5. The van der Waals surface area contributed by atoms with Crippen molar-refractivity contribution in [1.29, 1.82) is 0 Å². The van der Waals surface area contributed by atoms with E-state index < -0.39 is 17.0 Å². The summed E-state index contributed by atoms with van der Waals surface area (Å²) in [6.45, 7) is 4.10. The molecule has 1 atom stereocenters. The molecule has 130 valence electrons. The van der Waals surface area contributed by atoms with E-state index in [4.69, 9.17) is 9.47 Å². The van der Waals surface area contributed by atoms with Crippen molar-refractivity contribution in [2.24, 2.45) is 0 Å². The van der Waals surface area contributed by atoms with E-state index in [1.165, 1.54) is 12.1 Å². The number of rotatable bonds is 7. The lowest BCUT2D eigenvalue weighted by molar-refractivity contribution is -0.386. The van der Waals surface area contributed by atoms with Crippen LogP contribution in [-0.4, -0.2) is 17.5 Å². The van der Waals surface area contributed by atoms with Gasteiger partial charge in [0, 0.05) is 12.1 Å². The topological polar surface area (TPSA) is 78.7 Å². The fourth-order valence-electron chi connectivity index (χ4n) is 2.28. The molecule has 2 aromatic carbocycles. The second-order valence-electron chi connectivity index (χ2n) is 5.23. The van der Waals surface area contributed by atoms with Gasteiger partial charge in [0.2, 0.25) is 0 Å². The fourth-order valence-corrected chi connectivity index (χ4v) is 2.28. The molecule has 0 aromatic heterocycles. The van der Waals surface area contributed by atoms with Crippen molar-refractivity contribution >= 4 is 17.7 Å². The summed E-state index contributed by atoms with van der Waals surface area (Å²) in [5, 5.41) is 11.0. The molecule has 1 unspecified atom stereocenters. The van der Waals surface area contributed by atoms with Gasteiger partial charge in [0.05, 0.1) is 17.1 Å². The molecule has 0 heterocycles. The van der Waals surface area contributed by atoms with Crippen LogP contribution in [0.3, 0.4) is 0 Å². The van der Waals surface area contributed by atoms with Gasteiger partial charge in [-0.2, -0.15) is 0 Å². The molecule has 0 saturated heterocycles. The maximum Gasteiger partial charge on any atom is 0.331 e. The highest BCUT2D eigenvalue weighted by molar-refractivity contribution is 5.87. The Hall–Kier alpha value is -3.15. The number of carbonyl (C=O) groups is 1. The number of hydrogen-bond acceptors (Lipinski definition) is 5. The fraction of sp³-hybridized carbons (Fsp3) is 0.211. The molecule has 0 aliphatic rings. The molecule has 0 aliphatic carbocycles. The molecule has 0 saturated carbocycles. The Labute approximate surface area is 145 Å². The highest BCUT2D eigenvalue weighted by Gasteiger charge is 2.20. The van der Waals surface area contributed by atoms with Crippen molar-refractivity contribution in [1.82, 2.24) is 0 Å². The van der Waals surface area contributed by atoms with Crippen molar-refractivity contribution in [3.63, 3.8) is 0 Å². The van der Waals surface area contributed by atoms with Crippen LogP contribution in [-0.2, 0) is 9.53 Å². The van der Waals surface area contributed by atoms with Crippen LogP contribution in [0.4, 0.5) is 5.69 Å². The third-order valence-corrected chi connectivity index (χ3v) is 3.47. The van der Waals surface area contributed by atoms with Crippen LogP contribution in [0.25, 0.3) is 6.08 Å².